The fraction of sp³-hybridized carbons (Fsp3) is 0.200. The highest BCUT2D eigenvalue weighted by Crippen LogP contribution is 2.50. The number of halogens is 2. The third kappa shape index (κ3) is 12.6. The van der Waals surface area contributed by atoms with E-state index < -0.39 is 31.3 Å². The highest BCUT2D eigenvalue weighted by Gasteiger charge is 2.39. The number of rotatable bonds is 18. The highest BCUT2D eigenvalue weighted by atomic mass is 19.1. The summed E-state index contributed by atoms with van der Waals surface area (Å²) in [5.74, 6) is 0.646. The van der Waals surface area contributed by atoms with Gasteiger partial charge in [0, 0.05) is 48.7 Å². The minimum absolute atomic E-state index is 0.0655. The molecule has 0 radical (unpaired) electrons. The topological polar surface area (TPSA) is 274 Å². The average molecular weight is 1120 g/mol. The van der Waals surface area contributed by atoms with Crippen molar-refractivity contribution in [3.63, 3.8) is 0 Å². The van der Waals surface area contributed by atoms with E-state index in [0.29, 0.717) is 83.8 Å². The molecule has 82 heavy (non-hydrogen) atoms. The lowest BCUT2D eigenvalue weighted by atomic mass is 10.0. The molecule has 0 amide bonds. The number of nitrogens with two attached hydrogens (primary N) is 2. The van der Waals surface area contributed by atoms with Crippen LogP contribution in [0, 0.1) is 52.1 Å². The molecule has 0 saturated carbocycles. The number of ether oxygens (including phenoxy) is 2. The van der Waals surface area contributed by atoms with Crippen molar-refractivity contribution in [1.29, 1.82) is 0 Å². The van der Waals surface area contributed by atoms with Gasteiger partial charge in [0.05, 0.1) is 58.1 Å². The van der Waals surface area contributed by atoms with E-state index in [0.717, 1.165) is 22.6 Å². The zero-order valence-corrected chi connectivity index (χ0v) is 44.4. The molecular formula is C60H56F2N10O10. The molecule has 0 aromatic heterocycles. The average Bonchev–Trinajstić information content (AvgIpc) is 4.27. The van der Waals surface area contributed by atoms with Gasteiger partial charge in [0.1, 0.15) is 45.9 Å². The number of nitrogen functional groups attached to an aromatic ring is 2. The van der Waals surface area contributed by atoms with Crippen LogP contribution >= 0.6 is 0 Å². The molecule has 8 aromatic carbocycles. The van der Waals surface area contributed by atoms with Gasteiger partial charge in [-0.25, -0.2) is 8.78 Å². The number of nitro benzene ring substituents is 4. The molecule has 2 saturated heterocycles. The van der Waals surface area contributed by atoms with E-state index in [1.807, 2.05) is 65.6 Å². The highest BCUT2D eigenvalue weighted by molar-refractivity contribution is 5.67. The maximum atomic E-state index is 14.1. The van der Waals surface area contributed by atoms with Crippen LogP contribution in [0.2, 0.25) is 0 Å². The molecule has 2 aliphatic heterocycles. The van der Waals surface area contributed by atoms with E-state index in [1.54, 1.807) is 74.9 Å². The van der Waals surface area contributed by atoms with E-state index in [1.165, 1.54) is 48.5 Å². The molecule has 10 rings (SSSR count). The Morgan fingerprint density at radius 1 is 0.439 bits per heavy atom. The molecule has 8 aromatic rings. The predicted octanol–water partition coefficient (Wildman–Crippen LogP) is 13.9. The molecule has 20 nitrogen and oxygen atoms in total. The smallest absolute Gasteiger partial charge is 0.292 e. The van der Waals surface area contributed by atoms with Gasteiger partial charge in [0.2, 0.25) is 0 Å². The molecule has 0 aliphatic carbocycles. The van der Waals surface area contributed by atoms with E-state index in [2.05, 4.69) is 15.5 Å². The van der Waals surface area contributed by atoms with Crippen LogP contribution in [0.3, 0.4) is 0 Å². The first kappa shape index (κ1) is 56.3. The van der Waals surface area contributed by atoms with Crippen molar-refractivity contribution in [2.75, 3.05) is 46.1 Å². The first-order valence-electron chi connectivity index (χ1n) is 26.0. The molecule has 2 fully saturated rings. The quantitative estimate of drug-likeness (QED) is 0.0353. The van der Waals surface area contributed by atoms with E-state index in [-0.39, 0.29) is 58.3 Å². The van der Waals surface area contributed by atoms with Crippen molar-refractivity contribution in [3.8, 4) is 11.5 Å². The van der Waals surface area contributed by atoms with E-state index in [9.17, 15) is 49.2 Å². The molecule has 4 atom stereocenters. The number of benzene rings is 8. The van der Waals surface area contributed by atoms with E-state index >= 15 is 0 Å². The van der Waals surface area contributed by atoms with Crippen LogP contribution in [0.5, 0.6) is 11.5 Å². The zero-order valence-electron chi connectivity index (χ0n) is 44.4. The third-order valence-electron chi connectivity index (χ3n) is 14.8. The van der Waals surface area contributed by atoms with Gasteiger partial charge in [-0.1, -0.05) is 48.5 Å². The summed E-state index contributed by atoms with van der Waals surface area (Å²) in [4.78, 5) is 49.6. The Hall–Kier alpha value is -10.4. The predicted molar refractivity (Wildman–Crippen MR) is 309 cm³/mol. The fourth-order valence-electron chi connectivity index (χ4n) is 10.7. The van der Waals surface area contributed by atoms with Gasteiger partial charge < -0.3 is 41.4 Å². The van der Waals surface area contributed by atoms with Crippen molar-refractivity contribution in [3.05, 3.63) is 255 Å². The van der Waals surface area contributed by atoms with Crippen LogP contribution in [0.25, 0.3) is 0 Å². The lowest BCUT2D eigenvalue weighted by molar-refractivity contribution is -0.384. The van der Waals surface area contributed by atoms with Crippen LogP contribution in [0.15, 0.2) is 170 Å². The normalized spacial score (nSPS) is 16.4. The van der Waals surface area contributed by atoms with Crippen molar-refractivity contribution >= 4 is 56.9 Å². The summed E-state index contributed by atoms with van der Waals surface area (Å²) in [5.41, 5.74) is 17.9. The first-order valence-corrected chi connectivity index (χ1v) is 26.0. The van der Waals surface area contributed by atoms with Crippen molar-refractivity contribution < 1.29 is 37.9 Å². The van der Waals surface area contributed by atoms with Crippen LogP contribution < -0.4 is 41.4 Å². The minimum atomic E-state index is -0.531. The third-order valence-corrected chi connectivity index (χ3v) is 14.8. The summed E-state index contributed by atoms with van der Waals surface area (Å²) in [5, 5.41) is 53.7. The number of anilines is 6. The Morgan fingerprint density at radius 2 is 0.732 bits per heavy atom. The molecule has 0 bridgehead atoms. The number of methoxy groups -OCH3 is 2. The number of nitrogens with one attached hydrogen (secondary N) is 2. The molecular weight excluding hydrogens is 1060 g/mol. The summed E-state index contributed by atoms with van der Waals surface area (Å²) >= 11 is 0. The summed E-state index contributed by atoms with van der Waals surface area (Å²) < 4.78 is 38.1. The Labute approximate surface area is 469 Å². The van der Waals surface area contributed by atoms with Gasteiger partial charge in [0.25, 0.3) is 22.7 Å². The Balaban J connectivity index is 0.000000218. The number of hydrogen-bond donors (Lipinski definition) is 4. The summed E-state index contributed by atoms with van der Waals surface area (Å²) in [6, 6.07) is 45.3. The maximum absolute atomic E-state index is 14.1. The lowest BCUT2D eigenvalue weighted by Crippen LogP contribution is -2.26. The summed E-state index contributed by atoms with van der Waals surface area (Å²) in [6.45, 7) is 0.752. The molecule has 6 N–H and O–H groups in total. The monoisotopic (exact) mass is 1110 g/mol. The standard InChI is InChI=1S/C38H36FN5O6.C22H20FN5O4/c1-49-31-13-3-25(4-14-31)23-40-33-17-7-27(21-37(33)43(45)46)35-19-20-36(42(35)30-11-9-29(39)10-12-30)28-8-18-34(38(22-28)44(47)48)41-24-26-5-15-32(50-2)16-6-26;23-15-3-5-16(6-4-15)26-19(13-1-7-17(24)21(11-13)27(29)30)9-10-20(26)14-2-8-18(25)22(12-14)28(31)32/h3-18,21-22,35-36,40-41H,19-20,23-24H2,1-2H3;1-8,11-12,19-20H,9-10,24-25H2. The van der Waals surface area contributed by atoms with Crippen molar-refractivity contribution in [2.45, 2.75) is 62.9 Å². The van der Waals surface area contributed by atoms with Gasteiger partial charge in [-0.2, -0.15) is 0 Å². The van der Waals surface area contributed by atoms with Crippen LogP contribution in [0.1, 0.15) is 83.2 Å². The van der Waals surface area contributed by atoms with Gasteiger partial charge >= 0.3 is 0 Å². The van der Waals surface area contributed by atoms with Gasteiger partial charge in [-0.05, 0) is 156 Å². The van der Waals surface area contributed by atoms with E-state index in [4.69, 9.17) is 20.9 Å². The van der Waals surface area contributed by atoms with Crippen molar-refractivity contribution in [1.82, 2.24) is 0 Å². The molecule has 420 valence electrons. The number of nitro groups is 4. The molecule has 4 unspecified atom stereocenters. The summed E-state index contributed by atoms with van der Waals surface area (Å²) in [6.07, 6.45) is 2.48. The summed E-state index contributed by atoms with van der Waals surface area (Å²) in [7, 11) is 3.18. The Kier molecular flexibility index (Phi) is 17.0. The lowest BCUT2D eigenvalue weighted by Gasteiger charge is -2.33. The van der Waals surface area contributed by atoms with Gasteiger partial charge in [-0.15, -0.1) is 0 Å². The van der Waals surface area contributed by atoms with Crippen molar-refractivity contribution in [2.24, 2.45) is 0 Å². The van der Waals surface area contributed by atoms with Gasteiger partial charge in [0.15, 0.2) is 0 Å². The minimum Gasteiger partial charge on any atom is -0.497 e. The second-order valence-corrected chi connectivity index (χ2v) is 19.6. The number of nitrogens with zero attached hydrogens (tertiary/aromatic N) is 6. The maximum Gasteiger partial charge on any atom is 0.292 e. The SMILES string of the molecule is COc1ccc(CNc2ccc(C3CCC(c4ccc(NCc5ccc(OC)cc5)c([N+](=O)[O-])c4)N3c3ccc(F)cc3)cc2[N+](=O)[O-])cc1.Nc1ccc(C2CCC(c3ccc(N)c([N+](=O)[O-])c3)N2c2ccc(F)cc2)cc1[N+](=O)[O-]. The molecule has 22 heteroatoms. The molecule has 0 spiro atoms. The first-order chi connectivity index (χ1) is 39.5. The van der Waals surface area contributed by atoms with Crippen LogP contribution in [-0.4, -0.2) is 33.9 Å². The second kappa shape index (κ2) is 24.7. The Bertz CT molecular complexity index is 3440. The van der Waals surface area contributed by atoms with Gasteiger partial charge in [-0.3, -0.25) is 40.5 Å². The fourth-order valence-corrected chi connectivity index (χ4v) is 10.7. The molecule has 2 aliphatic rings. The zero-order chi connectivity index (χ0) is 58.2. The van der Waals surface area contributed by atoms with Crippen LogP contribution in [-0.2, 0) is 13.1 Å². The largest absolute Gasteiger partial charge is 0.497 e. The second-order valence-electron chi connectivity index (χ2n) is 19.6. The Morgan fingerprint density at radius 3 is 1.02 bits per heavy atom. The van der Waals surface area contributed by atoms with Crippen LogP contribution in [0.4, 0.5) is 65.7 Å². The number of hydrogen-bond acceptors (Lipinski definition) is 16. The molecule has 2 heterocycles.